The molecule has 1 aromatic rings. The fraction of sp³-hybridized carbons (Fsp3) is 0.500. The van der Waals surface area contributed by atoms with Crippen molar-refractivity contribution in [3.63, 3.8) is 0 Å². The molecular weight excluding hydrogens is 140 g/mol. The second kappa shape index (κ2) is 4.79. The quantitative estimate of drug-likeness (QED) is 0.616. The first kappa shape index (κ1) is 8.14. The smallest absolute Gasteiger partial charge is 0.0431 e. The van der Waals surface area contributed by atoms with Gasteiger partial charge in [-0.15, -0.1) is 0 Å². The van der Waals surface area contributed by atoms with Crippen LogP contribution in [0.3, 0.4) is 0 Å². The molecule has 62 valence electrons. The first-order valence-corrected chi connectivity index (χ1v) is 3.91. The van der Waals surface area contributed by atoms with E-state index in [0.29, 0.717) is 0 Å². The molecule has 0 unspecified atom stereocenters. The van der Waals surface area contributed by atoms with E-state index >= 15 is 0 Å². The van der Waals surface area contributed by atoms with Crippen LogP contribution < -0.4 is 5.43 Å². The molecule has 0 saturated carbocycles. The Bertz CT molecular complexity index is 172. The van der Waals surface area contributed by atoms with Crippen LogP contribution in [0.25, 0.3) is 0 Å². The van der Waals surface area contributed by atoms with E-state index < -0.39 is 0 Å². The highest BCUT2D eigenvalue weighted by Gasteiger charge is 1.86. The molecule has 0 aliphatic heterocycles. The number of nitrogens with zero attached hydrogens (tertiary/aromatic N) is 1. The molecule has 11 heavy (non-hydrogen) atoms. The number of aromatic nitrogens is 1. The van der Waals surface area contributed by atoms with Crippen molar-refractivity contribution in [1.29, 1.82) is 0 Å². The molecule has 3 heteroatoms. The third kappa shape index (κ3) is 3.09. The zero-order valence-electron chi connectivity index (χ0n) is 6.53. The number of aliphatic hydroxyl groups excluding tert-OH is 1. The van der Waals surface area contributed by atoms with E-state index in [9.17, 15) is 0 Å². The predicted molar refractivity (Wildman–Crippen MR) is 45.0 cm³/mol. The number of nitrogens with one attached hydrogen (secondary N) is 1. The van der Waals surface area contributed by atoms with Crippen LogP contribution in [0.4, 0.5) is 0 Å². The van der Waals surface area contributed by atoms with Crippen LogP contribution in [0.2, 0.25) is 0 Å². The lowest BCUT2D eigenvalue weighted by Gasteiger charge is -2.05. The van der Waals surface area contributed by atoms with Gasteiger partial charge in [0, 0.05) is 25.5 Å². The van der Waals surface area contributed by atoms with Crippen molar-refractivity contribution in [3.05, 3.63) is 24.5 Å². The Labute approximate surface area is 66.6 Å². The summed E-state index contributed by atoms with van der Waals surface area (Å²) in [5.74, 6) is 0. The van der Waals surface area contributed by atoms with Gasteiger partial charge in [-0.2, -0.15) is 0 Å². The maximum Gasteiger partial charge on any atom is 0.0431 e. The lowest BCUT2D eigenvalue weighted by molar-refractivity contribution is 0.285. The van der Waals surface area contributed by atoms with Crippen LogP contribution >= 0.6 is 0 Å². The molecule has 0 radical (unpaired) electrons. The second-order valence-corrected chi connectivity index (χ2v) is 2.43. The van der Waals surface area contributed by atoms with Gasteiger partial charge >= 0.3 is 0 Å². The Balaban J connectivity index is 2.04. The van der Waals surface area contributed by atoms with Crippen molar-refractivity contribution in [1.82, 2.24) is 4.68 Å². The van der Waals surface area contributed by atoms with E-state index in [2.05, 4.69) is 5.43 Å². The van der Waals surface area contributed by atoms with Gasteiger partial charge < -0.3 is 10.5 Å². The average molecular weight is 154 g/mol. The van der Waals surface area contributed by atoms with Crippen LogP contribution in [0.5, 0.6) is 0 Å². The summed E-state index contributed by atoms with van der Waals surface area (Å²) >= 11 is 0. The van der Waals surface area contributed by atoms with Crippen molar-refractivity contribution >= 4 is 0 Å². The summed E-state index contributed by atoms with van der Waals surface area (Å²) in [6, 6.07) is 3.94. The molecule has 1 heterocycles. The van der Waals surface area contributed by atoms with Crippen molar-refractivity contribution < 1.29 is 5.11 Å². The highest BCUT2D eigenvalue weighted by atomic mass is 16.2. The van der Waals surface area contributed by atoms with E-state index in [1.54, 1.807) is 0 Å². The first-order chi connectivity index (χ1) is 5.43. The zero-order chi connectivity index (χ0) is 7.94. The Hall–Kier alpha value is -0.960. The summed E-state index contributed by atoms with van der Waals surface area (Å²) in [5.41, 5.74) is 3.16. The summed E-state index contributed by atoms with van der Waals surface area (Å²) in [6.07, 6.45) is 5.79. The van der Waals surface area contributed by atoms with Crippen molar-refractivity contribution in [2.75, 3.05) is 18.6 Å². The number of aliphatic hydroxyl groups is 1. The zero-order valence-corrected chi connectivity index (χ0v) is 6.53. The molecule has 3 nitrogen and oxygen atoms in total. The van der Waals surface area contributed by atoms with Crippen molar-refractivity contribution in [2.45, 2.75) is 12.8 Å². The molecule has 0 spiro atoms. The van der Waals surface area contributed by atoms with Crippen LogP contribution in [-0.2, 0) is 0 Å². The molecule has 0 aliphatic rings. The van der Waals surface area contributed by atoms with E-state index in [-0.39, 0.29) is 6.61 Å². The summed E-state index contributed by atoms with van der Waals surface area (Å²) in [6.45, 7) is 1.20. The van der Waals surface area contributed by atoms with Crippen LogP contribution in [-0.4, -0.2) is 22.9 Å². The second-order valence-electron chi connectivity index (χ2n) is 2.43. The lowest BCUT2D eigenvalue weighted by atomic mass is 10.3. The number of unbranched alkanes of at least 4 members (excludes halogenated alkanes) is 1. The summed E-state index contributed by atoms with van der Waals surface area (Å²) in [7, 11) is 0. The molecule has 2 N–H and O–H groups in total. The van der Waals surface area contributed by atoms with Crippen LogP contribution in [0, 0.1) is 0 Å². The maximum absolute atomic E-state index is 8.49. The van der Waals surface area contributed by atoms with Crippen LogP contribution in [0.1, 0.15) is 12.8 Å². The van der Waals surface area contributed by atoms with E-state index in [0.717, 1.165) is 19.4 Å². The predicted octanol–water partition coefficient (Wildman–Crippen LogP) is 0.804. The summed E-state index contributed by atoms with van der Waals surface area (Å²) < 4.78 is 1.91. The number of hydrogen-bond donors (Lipinski definition) is 2. The van der Waals surface area contributed by atoms with Crippen molar-refractivity contribution in [2.24, 2.45) is 0 Å². The fourth-order valence-corrected chi connectivity index (χ4v) is 0.885. The molecule has 0 aromatic carbocycles. The Morgan fingerprint density at radius 3 is 2.55 bits per heavy atom. The highest BCUT2D eigenvalue weighted by Crippen LogP contribution is 1.88. The van der Waals surface area contributed by atoms with Gasteiger partial charge in [0.25, 0.3) is 0 Å². The molecule has 1 aromatic heterocycles. The Morgan fingerprint density at radius 2 is 1.91 bits per heavy atom. The Morgan fingerprint density at radius 1 is 1.18 bits per heavy atom. The average Bonchev–Trinajstić information content (AvgIpc) is 2.50. The minimum absolute atomic E-state index is 0.285. The normalized spacial score (nSPS) is 9.91. The summed E-state index contributed by atoms with van der Waals surface area (Å²) in [4.78, 5) is 0. The van der Waals surface area contributed by atoms with Gasteiger partial charge in [0.1, 0.15) is 0 Å². The Kier molecular flexibility index (Phi) is 3.55. The van der Waals surface area contributed by atoms with Gasteiger partial charge in [-0.25, -0.2) is 0 Å². The van der Waals surface area contributed by atoms with Gasteiger partial charge in [0.2, 0.25) is 0 Å². The van der Waals surface area contributed by atoms with E-state index in [4.69, 9.17) is 5.11 Å². The van der Waals surface area contributed by atoms with Crippen LogP contribution in [0.15, 0.2) is 24.5 Å². The molecular formula is C8H14N2O. The molecule has 0 fully saturated rings. The third-order valence-electron chi connectivity index (χ3n) is 1.48. The topological polar surface area (TPSA) is 37.2 Å². The number of hydrogen-bond acceptors (Lipinski definition) is 2. The minimum atomic E-state index is 0.285. The molecule has 0 aliphatic carbocycles. The number of rotatable bonds is 5. The van der Waals surface area contributed by atoms with Crippen molar-refractivity contribution in [3.8, 4) is 0 Å². The maximum atomic E-state index is 8.49. The lowest BCUT2D eigenvalue weighted by Crippen LogP contribution is -2.13. The van der Waals surface area contributed by atoms with Gasteiger partial charge in [-0.3, -0.25) is 4.68 Å². The monoisotopic (exact) mass is 154 g/mol. The molecule has 0 bridgehead atoms. The third-order valence-corrected chi connectivity index (χ3v) is 1.48. The molecule has 0 atom stereocenters. The van der Waals surface area contributed by atoms with E-state index in [1.165, 1.54) is 0 Å². The van der Waals surface area contributed by atoms with E-state index in [1.807, 2.05) is 29.2 Å². The van der Waals surface area contributed by atoms with Gasteiger partial charge in [0.15, 0.2) is 0 Å². The summed E-state index contributed by atoms with van der Waals surface area (Å²) in [5, 5.41) is 8.49. The standard InChI is InChI=1S/C8H14N2O/c11-8-4-1-5-9-10-6-2-3-7-10/h2-3,6-7,9,11H,1,4-5,8H2. The SMILES string of the molecule is OCCCCNn1cccc1. The van der Waals surface area contributed by atoms with Gasteiger partial charge in [0.05, 0.1) is 0 Å². The first-order valence-electron chi connectivity index (χ1n) is 3.91. The minimum Gasteiger partial charge on any atom is -0.396 e. The fourth-order valence-electron chi connectivity index (χ4n) is 0.885. The molecule has 0 amide bonds. The molecule has 0 saturated heterocycles. The van der Waals surface area contributed by atoms with Gasteiger partial charge in [-0.05, 0) is 25.0 Å². The van der Waals surface area contributed by atoms with Gasteiger partial charge in [-0.1, -0.05) is 0 Å². The highest BCUT2D eigenvalue weighted by molar-refractivity contribution is 4.92. The largest absolute Gasteiger partial charge is 0.396 e. The molecule has 1 rings (SSSR count).